The van der Waals surface area contributed by atoms with Crippen molar-refractivity contribution in [1.82, 2.24) is 4.90 Å². The summed E-state index contributed by atoms with van der Waals surface area (Å²) < 4.78 is 24.3. The fraction of sp³-hybridized carbons (Fsp3) is 0.167. The normalized spacial score (nSPS) is 17.7. The van der Waals surface area contributed by atoms with Crippen molar-refractivity contribution in [3.05, 3.63) is 94.2 Å². The number of halogens is 2. The third-order valence-electron chi connectivity index (χ3n) is 5.14. The van der Waals surface area contributed by atoms with Crippen LogP contribution in [0.2, 0.25) is 5.02 Å². The number of hydrogen-bond donors (Lipinski definition) is 1. The van der Waals surface area contributed by atoms with Gasteiger partial charge in [-0.25, -0.2) is 4.39 Å². The van der Waals surface area contributed by atoms with Crippen molar-refractivity contribution in [3.8, 4) is 5.75 Å². The molecule has 0 unspecified atom stereocenters. The van der Waals surface area contributed by atoms with E-state index < -0.39 is 23.5 Å². The van der Waals surface area contributed by atoms with Crippen molar-refractivity contribution < 1.29 is 28.2 Å². The zero-order valence-electron chi connectivity index (χ0n) is 17.0. The average molecular weight is 456 g/mol. The Balaban J connectivity index is 1.84. The highest BCUT2D eigenvalue weighted by atomic mass is 35.5. The van der Waals surface area contributed by atoms with Crippen LogP contribution in [0, 0.1) is 5.82 Å². The van der Waals surface area contributed by atoms with Crippen molar-refractivity contribution in [2.45, 2.75) is 19.5 Å². The van der Waals surface area contributed by atoms with E-state index >= 15 is 0 Å². The standard InChI is InChI=1S/C24H19ClFNO5/c1-2-31-19-10-7-15(12-18(19)25)22(28)20-21(14-5-8-16(26)9-6-14)27(24(30)23(20)29)13-17-4-3-11-32-17/h3-12,21,28H,2,13H2,1H3/t21-/m0/s1. The summed E-state index contributed by atoms with van der Waals surface area (Å²) in [4.78, 5) is 27.2. The SMILES string of the molecule is CCOc1ccc(C(O)=C2C(=O)C(=O)N(Cc3ccco3)[C@H]2c2ccc(F)cc2)cc1Cl. The summed E-state index contributed by atoms with van der Waals surface area (Å²) in [6.07, 6.45) is 1.46. The van der Waals surface area contributed by atoms with Crippen LogP contribution in [0.1, 0.15) is 29.9 Å². The quantitative estimate of drug-likeness (QED) is 0.318. The zero-order chi connectivity index (χ0) is 22.8. The Bertz CT molecular complexity index is 1190. The predicted octanol–water partition coefficient (Wildman–Crippen LogP) is 5.09. The summed E-state index contributed by atoms with van der Waals surface area (Å²) in [5.74, 6) is -1.61. The van der Waals surface area contributed by atoms with E-state index in [0.717, 1.165) is 0 Å². The number of Topliss-reactive ketones (excluding diaryl/α,β-unsaturated/α-hetero) is 1. The highest BCUT2D eigenvalue weighted by molar-refractivity contribution is 6.46. The number of carbonyl (C=O) groups is 2. The van der Waals surface area contributed by atoms with Crippen molar-refractivity contribution >= 4 is 29.1 Å². The number of rotatable bonds is 6. The fourth-order valence-corrected chi connectivity index (χ4v) is 3.92. The topological polar surface area (TPSA) is 80.0 Å². The minimum Gasteiger partial charge on any atom is -0.507 e. The summed E-state index contributed by atoms with van der Waals surface area (Å²) >= 11 is 6.24. The maximum absolute atomic E-state index is 13.5. The molecule has 1 aromatic heterocycles. The van der Waals surface area contributed by atoms with E-state index in [1.807, 2.05) is 6.92 Å². The number of aliphatic hydroxyl groups is 1. The number of ether oxygens (including phenoxy) is 1. The van der Waals surface area contributed by atoms with Gasteiger partial charge in [-0.05, 0) is 55.0 Å². The molecule has 1 atom stereocenters. The number of hydrogen-bond acceptors (Lipinski definition) is 5. The molecule has 1 aliphatic heterocycles. The maximum Gasteiger partial charge on any atom is 0.296 e. The molecule has 3 aromatic rings. The molecule has 1 N–H and O–H groups in total. The van der Waals surface area contributed by atoms with Gasteiger partial charge >= 0.3 is 0 Å². The molecule has 1 amide bonds. The van der Waals surface area contributed by atoms with Gasteiger partial charge in [-0.15, -0.1) is 0 Å². The van der Waals surface area contributed by atoms with Gasteiger partial charge in [0.25, 0.3) is 11.7 Å². The molecule has 0 spiro atoms. The molecule has 8 heteroatoms. The lowest BCUT2D eigenvalue weighted by Gasteiger charge is -2.24. The molecule has 4 rings (SSSR count). The van der Waals surface area contributed by atoms with Crippen molar-refractivity contribution in [2.24, 2.45) is 0 Å². The van der Waals surface area contributed by atoms with Crippen molar-refractivity contribution in [3.63, 3.8) is 0 Å². The smallest absolute Gasteiger partial charge is 0.296 e. The van der Waals surface area contributed by atoms with Gasteiger partial charge in [-0.3, -0.25) is 9.59 Å². The summed E-state index contributed by atoms with van der Waals surface area (Å²) in [5, 5.41) is 11.3. The van der Waals surface area contributed by atoms with E-state index in [-0.39, 0.29) is 28.5 Å². The van der Waals surface area contributed by atoms with Crippen LogP contribution in [-0.4, -0.2) is 28.3 Å². The van der Waals surface area contributed by atoms with Crippen LogP contribution in [0.4, 0.5) is 4.39 Å². The number of carbonyl (C=O) groups excluding carboxylic acids is 2. The summed E-state index contributed by atoms with van der Waals surface area (Å²) in [6.45, 7) is 2.22. The zero-order valence-corrected chi connectivity index (χ0v) is 17.8. The third kappa shape index (κ3) is 3.99. The molecule has 164 valence electrons. The lowest BCUT2D eigenvalue weighted by Crippen LogP contribution is -2.29. The van der Waals surface area contributed by atoms with E-state index in [1.54, 1.807) is 24.3 Å². The second kappa shape index (κ2) is 8.88. The van der Waals surface area contributed by atoms with E-state index in [2.05, 4.69) is 0 Å². The number of likely N-dealkylation sites (tertiary alicyclic amines) is 1. The predicted molar refractivity (Wildman–Crippen MR) is 116 cm³/mol. The van der Waals surface area contributed by atoms with Gasteiger partial charge in [0.05, 0.1) is 36.1 Å². The van der Waals surface area contributed by atoms with Gasteiger partial charge in [-0.1, -0.05) is 23.7 Å². The molecule has 6 nitrogen and oxygen atoms in total. The lowest BCUT2D eigenvalue weighted by atomic mass is 9.95. The monoisotopic (exact) mass is 455 g/mol. The highest BCUT2D eigenvalue weighted by Crippen LogP contribution is 2.41. The van der Waals surface area contributed by atoms with Gasteiger partial charge in [0.1, 0.15) is 23.1 Å². The Morgan fingerprint density at radius 3 is 2.56 bits per heavy atom. The molecule has 1 saturated heterocycles. The van der Waals surface area contributed by atoms with E-state index in [4.69, 9.17) is 20.8 Å². The molecule has 2 aromatic carbocycles. The lowest BCUT2D eigenvalue weighted by molar-refractivity contribution is -0.140. The van der Waals surface area contributed by atoms with E-state index in [0.29, 0.717) is 23.7 Å². The van der Waals surface area contributed by atoms with E-state index in [1.165, 1.54) is 41.5 Å². The van der Waals surface area contributed by atoms with Crippen LogP contribution in [-0.2, 0) is 16.1 Å². The van der Waals surface area contributed by atoms with Crippen LogP contribution < -0.4 is 4.74 Å². The molecule has 32 heavy (non-hydrogen) atoms. The minimum absolute atomic E-state index is 0.000427. The molecular formula is C24H19ClFNO5. The van der Waals surface area contributed by atoms with Crippen LogP contribution in [0.3, 0.4) is 0 Å². The number of furan rings is 1. The van der Waals surface area contributed by atoms with Gasteiger partial charge in [0.15, 0.2) is 0 Å². The summed E-state index contributed by atoms with van der Waals surface area (Å²) in [7, 11) is 0. The second-order valence-corrected chi connectivity index (χ2v) is 7.54. The molecule has 2 heterocycles. The number of nitrogens with zero attached hydrogens (tertiary/aromatic N) is 1. The first-order valence-electron chi connectivity index (χ1n) is 9.89. The Hall–Kier alpha value is -3.58. The average Bonchev–Trinajstić information content (AvgIpc) is 3.38. The number of aliphatic hydroxyl groups excluding tert-OH is 1. The molecule has 0 aliphatic carbocycles. The number of amides is 1. The van der Waals surface area contributed by atoms with Crippen LogP contribution >= 0.6 is 11.6 Å². The minimum atomic E-state index is -0.939. The Morgan fingerprint density at radius 2 is 1.94 bits per heavy atom. The largest absolute Gasteiger partial charge is 0.507 e. The van der Waals surface area contributed by atoms with Crippen LogP contribution in [0.25, 0.3) is 5.76 Å². The molecule has 0 bridgehead atoms. The number of ketones is 1. The molecule has 1 aliphatic rings. The first-order chi connectivity index (χ1) is 15.4. The van der Waals surface area contributed by atoms with E-state index in [9.17, 15) is 19.1 Å². The first-order valence-corrected chi connectivity index (χ1v) is 10.3. The third-order valence-corrected chi connectivity index (χ3v) is 5.43. The van der Waals surface area contributed by atoms with Gasteiger partial charge < -0.3 is 19.2 Å². The number of benzene rings is 2. The highest BCUT2D eigenvalue weighted by Gasteiger charge is 2.46. The van der Waals surface area contributed by atoms with Crippen molar-refractivity contribution in [1.29, 1.82) is 0 Å². The molecular weight excluding hydrogens is 437 g/mol. The van der Waals surface area contributed by atoms with Gasteiger partial charge in [0, 0.05) is 5.56 Å². The maximum atomic E-state index is 13.5. The second-order valence-electron chi connectivity index (χ2n) is 7.14. The molecule has 1 fully saturated rings. The Kier molecular flexibility index (Phi) is 6.01. The fourth-order valence-electron chi connectivity index (χ4n) is 3.68. The summed E-state index contributed by atoms with van der Waals surface area (Å²) in [6, 6.07) is 12.4. The summed E-state index contributed by atoms with van der Waals surface area (Å²) in [5.41, 5.74) is 0.602. The van der Waals surface area contributed by atoms with Crippen LogP contribution in [0.15, 0.2) is 70.9 Å². The Labute approximate surface area is 188 Å². The molecule has 0 saturated carbocycles. The van der Waals surface area contributed by atoms with Crippen molar-refractivity contribution in [2.75, 3.05) is 6.61 Å². The van der Waals surface area contributed by atoms with Gasteiger partial charge in [0.2, 0.25) is 0 Å². The molecule has 0 radical (unpaired) electrons. The Morgan fingerprint density at radius 1 is 1.19 bits per heavy atom. The first kappa shape index (κ1) is 21.6. The van der Waals surface area contributed by atoms with Gasteiger partial charge in [-0.2, -0.15) is 0 Å². The van der Waals surface area contributed by atoms with Crippen LogP contribution in [0.5, 0.6) is 5.75 Å².